The monoisotopic (exact) mass is 310 g/mol. The molecule has 2 amide bonds. The summed E-state index contributed by atoms with van der Waals surface area (Å²) in [6.45, 7) is 0.280. The lowest BCUT2D eigenvalue weighted by Gasteiger charge is -2.11. The Morgan fingerprint density at radius 3 is 2.39 bits per heavy atom. The van der Waals surface area contributed by atoms with Gasteiger partial charge in [0.2, 0.25) is 6.79 Å². The lowest BCUT2D eigenvalue weighted by molar-refractivity contribution is 0.174. The van der Waals surface area contributed by atoms with Crippen LogP contribution in [0.4, 0.5) is 10.5 Å². The Bertz CT molecular complexity index is 736. The first-order valence-corrected chi connectivity index (χ1v) is 7.28. The second kappa shape index (κ2) is 6.44. The van der Waals surface area contributed by atoms with Crippen LogP contribution in [0.1, 0.15) is 11.1 Å². The van der Waals surface area contributed by atoms with Gasteiger partial charge in [0.05, 0.1) is 0 Å². The molecule has 0 aromatic heterocycles. The number of hydrogen-bond donors (Lipinski definition) is 1. The van der Waals surface area contributed by atoms with Gasteiger partial charge < -0.3 is 19.7 Å². The summed E-state index contributed by atoms with van der Waals surface area (Å²) in [5.74, 6) is 1.55. The third kappa shape index (κ3) is 3.63. The topological polar surface area (TPSA) is 50.8 Å². The molecular weight excluding hydrogens is 292 g/mol. The van der Waals surface area contributed by atoms with Crippen molar-refractivity contribution in [2.24, 2.45) is 0 Å². The molecule has 5 heteroatoms. The number of hydrogen-bond acceptors (Lipinski definition) is 3. The first kappa shape index (κ1) is 15.0. The van der Waals surface area contributed by atoms with E-state index < -0.39 is 0 Å². The largest absolute Gasteiger partial charge is 0.454 e. The summed E-state index contributed by atoms with van der Waals surface area (Å²) in [4.78, 5) is 13.1. The molecule has 23 heavy (non-hydrogen) atoms. The van der Waals surface area contributed by atoms with Crippen LogP contribution in [0.15, 0.2) is 42.5 Å². The Balaban J connectivity index is 1.67. The van der Waals surface area contributed by atoms with Crippen molar-refractivity contribution >= 4 is 23.9 Å². The highest BCUT2D eigenvalue weighted by atomic mass is 16.7. The fourth-order valence-electron chi connectivity index (χ4n) is 2.12. The van der Waals surface area contributed by atoms with Crippen molar-refractivity contribution in [2.75, 3.05) is 26.2 Å². The van der Waals surface area contributed by atoms with Crippen LogP contribution in [-0.2, 0) is 0 Å². The Kier molecular flexibility index (Phi) is 4.19. The minimum Gasteiger partial charge on any atom is -0.454 e. The molecule has 1 heterocycles. The van der Waals surface area contributed by atoms with E-state index in [0.29, 0.717) is 0 Å². The molecular formula is C18H18N2O3. The van der Waals surface area contributed by atoms with Gasteiger partial charge in [0.1, 0.15) is 0 Å². The Labute approximate surface area is 135 Å². The van der Waals surface area contributed by atoms with Crippen molar-refractivity contribution in [3.63, 3.8) is 0 Å². The van der Waals surface area contributed by atoms with Gasteiger partial charge >= 0.3 is 6.03 Å². The van der Waals surface area contributed by atoms with Gasteiger partial charge in [-0.25, -0.2) is 4.79 Å². The lowest BCUT2D eigenvalue weighted by atomic mass is 10.1. The fraction of sp³-hybridized carbons (Fsp3) is 0.167. The number of amides is 2. The summed E-state index contributed by atoms with van der Waals surface area (Å²) < 4.78 is 10.7. The van der Waals surface area contributed by atoms with Crippen molar-refractivity contribution in [3.05, 3.63) is 53.6 Å². The highest BCUT2D eigenvalue weighted by Gasteiger charge is 2.12. The van der Waals surface area contributed by atoms with Crippen LogP contribution < -0.4 is 14.8 Å². The van der Waals surface area contributed by atoms with E-state index in [0.717, 1.165) is 28.3 Å². The molecule has 0 aliphatic carbocycles. The SMILES string of the molecule is CN(C)C(=O)Nc1ccc(/C=C/c2ccc3c(c2)OCO3)cc1. The van der Waals surface area contributed by atoms with Crippen LogP contribution >= 0.6 is 0 Å². The number of nitrogens with one attached hydrogen (secondary N) is 1. The van der Waals surface area contributed by atoms with Gasteiger partial charge in [-0.2, -0.15) is 0 Å². The van der Waals surface area contributed by atoms with Gasteiger partial charge in [0.25, 0.3) is 0 Å². The summed E-state index contributed by atoms with van der Waals surface area (Å²) >= 11 is 0. The van der Waals surface area contributed by atoms with Gasteiger partial charge in [-0.1, -0.05) is 30.4 Å². The molecule has 2 aromatic carbocycles. The Morgan fingerprint density at radius 1 is 1.00 bits per heavy atom. The minimum absolute atomic E-state index is 0.145. The average Bonchev–Trinajstić information content (AvgIpc) is 3.01. The van der Waals surface area contributed by atoms with Gasteiger partial charge in [-0.3, -0.25) is 0 Å². The van der Waals surface area contributed by atoms with Crippen LogP contribution in [0.2, 0.25) is 0 Å². The van der Waals surface area contributed by atoms with Gasteiger partial charge in [0.15, 0.2) is 11.5 Å². The number of ether oxygens (including phenoxy) is 2. The van der Waals surface area contributed by atoms with Crippen LogP contribution in [-0.4, -0.2) is 31.8 Å². The van der Waals surface area contributed by atoms with Gasteiger partial charge in [-0.15, -0.1) is 0 Å². The second-order valence-electron chi connectivity index (χ2n) is 5.39. The standard InChI is InChI=1S/C18H18N2O3/c1-20(2)18(21)19-15-8-5-13(6-9-15)3-4-14-7-10-16-17(11-14)23-12-22-16/h3-11H,12H2,1-2H3,(H,19,21)/b4-3+. The number of anilines is 1. The van der Waals surface area contributed by atoms with E-state index in [1.165, 1.54) is 4.90 Å². The summed E-state index contributed by atoms with van der Waals surface area (Å²) in [7, 11) is 3.41. The molecule has 0 radical (unpaired) electrons. The maximum atomic E-state index is 11.6. The zero-order valence-corrected chi connectivity index (χ0v) is 13.1. The van der Waals surface area contributed by atoms with Crippen LogP contribution in [0.25, 0.3) is 12.2 Å². The highest BCUT2D eigenvalue weighted by molar-refractivity contribution is 5.89. The molecule has 5 nitrogen and oxygen atoms in total. The van der Waals surface area contributed by atoms with E-state index >= 15 is 0 Å². The van der Waals surface area contributed by atoms with Crippen LogP contribution in [0.3, 0.4) is 0 Å². The maximum Gasteiger partial charge on any atom is 0.321 e. The predicted molar refractivity (Wildman–Crippen MR) is 90.6 cm³/mol. The van der Waals surface area contributed by atoms with Crippen molar-refractivity contribution in [1.82, 2.24) is 4.90 Å². The van der Waals surface area contributed by atoms with Crippen LogP contribution in [0, 0.1) is 0 Å². The Morgan fingerprint density at radius 2 is 1.65 bits per heavy atom. The number of nitrogens with zero attached hydrogens (tertiary/aromatic N) is 1. The van der Waals surface area contributed by atoms with Gasteiger partial charge in [0, 0.05) is 19.8 Å². The fourth-order valence-corrected chi connectivity index (χ4v) is 2.12. The number of carbonyl (C=O) groups is 1. The van der Waals surface area contributed by atoms with Crippen molar-refractivity contribution in [2.45, 2.75) is 0 Å². The zero-order chi connectivity index (χ0) is 16.2. The van der Waals surface area contributed by atoms with Crippen molar-refractivity contribution in [1.29, 1.82) is 0 Å². The normalized spacial score (nSPS) is 12.4. The average molecular weight is 310 g/mol. The number of fused-ring (bicyclic) bond motifs is 1. The molecule has 0 spiro atoms. The number of carbonyl (C=O) groups excluding carboxylic acids is 1. The molecule has 1 aliphatic rings. The summed E-state index contributed by atoms with van der Waals surface area (Å²) in [5, 5.41) is 2.80. The lowest BCUT2D eigenvalue weighted by Crippen LogP contribution is -2.27. The summed E-state index contributed by atoms with van der Waals surface area (Å²) in [5.41, 5.74) is 2.86. The van der Waals surface area contributed by atoms with Crippen LogP contribution in [0.5, 0.6) is 11.5 Å². The number of rotatable bonds is 3. The zero-order valence-electron chi connectivity index (χ0n) is 13.1. The molecule has 1 aliphatic heterocycles. The molecule has 0 saturated carbocycles. The van der Waals surface area contributed by atoms with E-state index in [9.17, 15) is 4.79 Å². The van der Waals surface area contributed by atoms with E-state index in [4.69, 9.17) is 9.47 Å². The molecule has 118 valence electrons. The van der Waals surface area contributed by atoms with E-state index in [1.807, 2.05) is 54.6 Å². The molecule has 0 fully saturated rings. The number of benzene rings is 2. The first-order chi connectivity index (χ1) is 11.1. The molecule has 0 unspecified atom stereocenters. The third-order valence-electron chi connectivity index (χ3n) is 3.43. The summed E-state index contributed by atoms with van der Waals surface area (Å²) in [6.07, 6.45) is 4.02. The molecule has 3 rings (SSSR count). The van der Waals surface area contributed by atoms with E-state index in [1.54, 1.807) is 14.1 Å². The Hall–Kier alpha value is -2.95. The molecule has 0 bridgehead atoms. The quantitative estimate of drug-likeness (QED) is 0.880. The van der Waals surface area contributed by atoms with Crippen molar-refractivity contribution < 1.29 is 14.3 Å². The maximum absolute atomic E-state index is 11.6. The molecule has 0 atom stereocenters. The second-order valence-corrected chi connectivity index (χ2v) is 5.39. The number of urea groups is 1. The van der Waals surface area contributed by atoms with Crippen molar-refractivity contribution in [3.8, 4) is 11.5 Å². The van der Waals surface area contributed by atoms with E-state index in [-0.39, 0.29) is 12.8 Å². The molecule has 1 N–H and O–H groups in total. The van der Waals surface area contributed by atoms with Gasteiger partial charge in [-0.05, 0) is 35.4 Å². The molecule has 0 saturated heterocycles. The predicted octanol–water partition coefficient (Wildman–Crippen LogP) is 3.68. The summed E-state index contributed by atoms with van der Waals surface area (Å²) in [6, 6.07) is 13.3. The molecule has 2 aromatic rings. The third-order valence-corrected chi connectivity index (χ3v) is 3.43. The van der Waals surface area contributed by atoms with E-state index in [2.05, 4.69) is 5.32 Å². The minimum atomic E-state index is -0.145. The first-order valence-electron chi connectivity index (χ1n) is 7.28. The smallest absolute Gasteiger partial charge is 0.321 e. The highest BCUT2D eigenvalue weighted by Crippen LogP contribution is 2.32.